The second-order valence-electron chi connectivity index (χ2n) is 13.8. The lowest BCUT2D eigenvalue weighted by Crippen LogP contribution is -2.72. The molecular formula is C27H52N4OS. The van der Waals surface area contributed by atoms with E-state index in [1.165, 1.54) is 58.5 Å². The van der Waals surface area contributed by atoms with Crippen molar-refractivity contribution in [3.8, 4) is 0 Å². The molecule has 6 heteroatoms. The van der Waals surface area contributed by atoms with Gasteiger partial charge >= 0.3 is 0 Å². The fourth-order valence-electron chi connectivity index (χ4n) is 7.09. The summed E-state index contributed by atoms with van der Waals surface area (Å²) >= 11 is 0. The molecule has 5 heterocycles. The van der Waals surface area contributed by atoms with Crippen molar-refractivity contribution in [2.24, 2.45) is 16.2 Å². The van der Waals surface area contributed by atoms with Crippen LogP contribution in [0.5, 0.6) is 0 Å². The third-order valence-corrected chi connectivity index (χ3v) is 11.5. The van der Waals surface area contributed by atoms with Crippen LogP contribution in [0.3, 0.4) is 0 Å². The lowest BCUT2D eigenvalue weighted by molar-refractivity contribution is -0.115. The molecule has 3 spiro atoms. The summed E-state index contributed by atoms with van der Waals surface area (Å²) in [5, 5.41) is 0. The molecule has 6 fully saturated rings. The fourth-order valence-corrected chi connectivity index (χ4v) is 9.60. The molecule has 0 atom stereocenters. The number of nitrogens with zero attached hydrogens (tertiary/aromatic N) is 4. The van der Waals surface area contributed by atoms with Gasteiger partial charge in [-0.25, -0.2) is 0 Å². The van der Waals surface area contributed by atoms with Crippen molar-refractivity contribution < 1.29 is 4.21 Å². The summed E-state index contributed by atoms with van der Waals surface area (Å²) in [5.74, 6) is 5.49. The van der Waals surface area contributed by atoms with E-state index in [1.54, 1.807) is 0 Å². The zero-order chi connectivity index (χ0) is 24.2. The van der Waals surface area contributed by atoms with E-state index in [2.05, 4.69) is 74.1 Å². The van der Waals surface area contributed by atoms with Crippen LogP contribution in [0.25, 0.3) is 0 Å². The van der Waals surface area contributed by atoms with Crippen LogP contribution in [-0.2, 0) is 9.52 Å². The summed E-state index contributed by atoms with van der Waals surface area (Å²) in [5.41, 5.74) is 1.96. The van der Waals surface area contributed by atoms with Gasteiger partial charge in [0.05, 0.1) is 0 Å². The molecule has 0 amide bonds. The van der Waals surface area contributed by atoms with Gasteiger partial charge in [0.1, 0.15) is 0 Å². The maximum Gasteiger partial charge on any atom is 0.0249 e. The highest BCUT2D eigenvalue weighted by Crippen LogP contribution is 2.48. The van der Waals surface area contributed by atoms with Gasteiger partial charge in [-0.15, -0.1) is 0 Å². The van der Waals surface area contributed by atoms with E-state index in [1.807, 2.05) is 0 Å². The van der Waals surface area contributed by atoms with Crippen LogP contribution in [0, 0.1) is 16.2 Å². The molecule has 0 aromatic heterocycles. The number of rotatable bonds is 3. The lowest BCUT2D eigenvalue weighted by Gasteiger charge is -2.60. The standard InChI is InChI=1S/C9H18N2.C9H17NOS.C9H17N/c1-8(2)11-6-9(7-11)4-10(3)5-9;1-8(2)10-4-9(5-10)6-12(3,11)7-9;1-8(2)10-6-9(7-10)4-3-5-9/h8H,4-7H2,1-3H3;8H,3-7H2,1-2H3;8H,3-7H2,1-2H3. The van der Waals surface area contributed by atoms with Crippen molar-refractivity contribution in [2.75, 3.05) is 70.9 Å². The van der Waals surface area contributed by atoms with Crippen LogP contribution in [0.1, 0.15) is 60.8 Å². The highest BCUT2D eigenvalue weighted by molar-refractivity contribution is 8.01. The number of hydrogen-bond donors (Lipinski definition) is 0. The van der Waals surface area contributed by atoms with Gasteiger partial charge in [-0.1, -0.05) is 6.42 Å². The van der Waals surface area contributed by atoms with Crippen molar-refractivity contribution in [3.63, 3.8) is 0 Å². The highest BCUT2D eigenvalue weighted by Gasteiger charge is 2.53. The molecule has 5 nitrogen and oxygen atoms in total. The number of hydrogen-bond acceptors (Lipinski definition) is 5. The molecule has 6 rings (SSSR count). The Balaban J connectivity index is 0.000000118. The van der Waals surface area contributed by atoms with Gasteiger partial charge < -0.3 is 4.90 Å². The van der Waals surface area contributed by atoms with Gasteiger partial charge in [0.15, 0.2) is 0 Å². The molecule has 5 saturated heterocycles. The second-order valence-corrected chi connectivity index (χ2v) is 16.3. The lowest BCUT2D eigenvalue weighted by atomic mass is 9.63. The maximum atomic E-state index is 11.4. The molecule has 192 valence electrons. The van der Waals surface area contributed by atoms with E-state index in [4.69, 9.17) is 0 Å². The normalized spacial score (nSPS) is 30.8. The largest absolute Gasteiger partial charge is 0.305 e. The Morgan fingerprint density at radius 3 is 1.27 bits per heavy atom. The molecule has 1 saturated carbocycles. The predicted octanol–water partition coefficient (Wildman–Crippen LogP) is 2.95. The van der Waals surface area contributed by atoms with Gasteiger partial charge in [0.2, 0.25) is 0 Å². The summed E-state index contributed by atoms with van der Waals surface area (Å²) in [7, 11) is 0.586. The summed E-state index contributed by atoms with van der Waals surface area (Å²) in [6.45, 7) is 24.0. The summed E-state index contributed by atoms with van der Waals surface area (Å²) in [6, 6.07) is 2.19. The molecule has 0 bridgehead atoms. The first-order chi connectivity index (χ1) is 15.3. The van der Waals surface area contributed by atoms with Crippen LogP contribution >= 0.6 is 0 Å². The van der Waals surface area contributed by atoms with Crippen molar-refractivity contribution in [2.45, 2.75) is 78.9 Å². The summed E-state index contributed by atoms with van der Waals surface area (Å²) in [6.07, 6.45) is 4.51. The Kier molecular flexibility index (Phi) is 7.12. The third-order valence-electron chi connectivity index (χ3n) is 9.19. The van der Waals surface area contributed by atoms with Crippen molar-refractivity contribution in [1.29, 1.82) is 0 Å². The van der Waals surface area contributed by atoms with Crippen molar-refractivity contribution >= 4 is 15.4 Å². The monoisotopic (exact) mass is 480 g/mol. The first-order valence-electron chi connectivity index (χ1n) is 13.5. The zero-order valence-corrected chi connectivity index (χ0v) is 23.6. The minimum atomic E-state index is -1.63. The van der Waals surface area contributed by atoms with Gasteiger partial charge in [-0.2, -0.15) is 0 Å². The van der Waals surface area contributed by atoms with Gasteiger partial charge in [-0.3, -0.25) is 18.9 Å². The second kappa shape index (κ2) is 9.06. The van der Waals surface area contributed by atoms with Crippen molar-refractivity contribution in [1.82, 2.24) is 19.6 Å². The van der Waals surface area contributed by atoms with E-state index in [0.717, 1.165) is 47.5 Å². The summed E-state index contributed by atoms with van der Waals surface area (Å²) in [4.78, 5) is 10.00. The van der Waals surface area contributed by atoms with E-state index in [9.17, 15) is 4.21 Å². The average molecular weight is 481 g/mol. The first-order valence-corrected chi connectivity index (χ1v) is 15.6. The molecule has 5 aliphatic heterocycles. The summed E-state index contributed by atoms with van der Waals surface area (Å²) < 4.78 is 11.4. The van der Waals surface area contributed by atoms with Gasteiger partial charge in [-0.05, 0) is 82.2 Å². The van der Waals surface area contributed by atoms with E-state index in [-0.39, 0.29) is 0 Å². The first kappa shape index (κ1) is 25.9. The van der Waals surface area contributed by atoms with Crippen LogP contribution in [0.2, 0.25) is 0 Å². The molecule has 6 aliphatic rings. The Labute approximate surface area is 205 Å². The predicted molar refractivity (Wildman–Crippen MR) is 144 cm³/mol. The topological polar surface area (TPSA) is 30.0 Å². The Morgan fingerprint density at radius 2 is 1.00 bits per heavy atom. The van der Waals surface area contributed by atoms with Crippen LogP contribution in [-0.4, -0.2) is 119 Å². The zero-order valence-electron chi connectivity index (χ0n) is 22.7. The quantitative estimate of drug-likeness (QED) is 0.580. The van der Waals surface area contributed by atoms with E-state index >= 15 is 0 Å². The van der Waals surface area contributed by atoms with Gasteiger partial charge in [0.25, 0.3) is 0 Å². The minimum absolute atomic E-state index is 0.420. The molecule has 1 aliphatic carbocycles. The number of likely N-dealkylation sites (tertiary alicyclic amines) is 4. The van der Waals surface area contributed by atoms with Crippen LogP contribution in [0.15, 0.2) is 0 Å². The average Bonchev–Trinajstić information content (AvgIpc) is 2.49. The van der Waals surface area contributed by atoms with Crippen LogP contribution in [0.4, 0.5) is 0 Å². The maximum absolute atomic E-state index is 11.4. The van der Waals surface area contributed by atoms with E-state index < -0.39 is 9.52 Å². The van der Waals surface area contributed by atoms with Crippen LogP contribution < -0.4 is 0 Å². The Morgan fingerprint density at radius 1 is 0.636 bits per heavy atom. The highest BCUT2D eigenvalue weighted by atomic mass is 32.2. The third kappa shape index (κ3) is 5.50. The molecule has 33 heavy (non-hydrogen) atoms. The molecule has 0 N–H and O–H groups in total. The Bertz CT molecular complexity index is 759. The smallest absolute Gasteiger partial charge is 0.0249 e. The fraction of sp³-hybridized carbons (Fsp3) is 0.963. The molecule has 0 aromatic carbocycles. The van der Waals surface area contributed by atoms with Gasteiger partial charge in [0, 0.05) is 92.8 Å². The molecule has 0 radical (unpaired) electrons. The van der Waals surface area contributed by atoms with E-state index in [0.29, 0.717) is 11.5 Å². The Hall–Kier alpha value is -0.140. The molecular weight excluding hydrogens is 428 g/mol. The SMILES string of the molecule is C=S1(=O)CC2(CN(C(C)C)C2)C1.CC(C)N1CC2(CCC2)C1.CC(C)N1CC2(CN(C)C2)C1. The molecule has 0 unspecified atom stereocenters. The molecule has 0 aromatic rings. The minimum Gasteiger partial charge on any atom is -0.305 e. The van der Waals surface area contributed by atoms with Crippen molar-refractivity contribution in [3.05, 3.63) is 0 Å².